The zero-order chi connectivity index (χ0) is 10.2. The molecule has 1 fully saturated rings. The highest BCUT2D eigenvalue weighted by Crippen LogP contribution is 2.20. The highest BCUT2D eigenvalue weighted by atomic mass is 15.1. The Morgan fingerprint density at radius 1 is 1.29 bits per heavy atom. The van der Waals surface area contributed by atoms with Crippen LogP contribution in [0.3, 0.4) is 0 Å². The average molecular weight is 198 g/mol. The molecule has 14 heavy (non-hydrogen) atoms. The Labute approximate surface area is 89.1 Å². The van der Waals surface area contributed by atoms with Crippen molar-refractivity contribution in [3.63, 3.8) is 0 Å². The van der Waals surface area contributed by atoms with Crippen molar-refractivity contribution in [2.45, 2.75) is 38.5 Å². The monoisotopic (exact) mass is 198 g/mol. The maximum atomic E-state index is 3.20. The molecule has 0 amide bonds. The van der Waals surface area contributed by atoms with Crippen molar-refractivity contribution in [1.29, 1.82) is 0 Å². The van der Waals surface area contributed by atoms with Crippen LogP contribution < -0.4 is 5.32 Å². The van der Waals surface area contributed by atoms with Gasteiger partial charge in [0.05, 0.1) is 0 Å². The molecule has 0 aromatic heterocycles. The van der Waals surface area contributed by atoms with Gasteiger partial charge in [0.2, 0.25) is 0 Å². The molecule has 0 bridgehead atoms. The van der Waals surface area contributed by atoms with E-state index in [0.29, 0.717) is 0 Å². The molecule has 0 aromatic rings. The van der Waals surface area contributed by atoms with E-state index in [0.717, 1.165) is 5.92 Å². The number of hydrogen-bond donors (Lipinski definition) is 1. The highest BCUT2D eigenvalue weighted by Gasteiger charge is 2.15. The minimum atomic E-state index is 0.989. The standard InChI is InChI=1S/C12H26N2/c1-13-9-5-3-4-7-12-8-6-10-14(2)11-12/h12-13H,3-11H2,1-2H3. The second kappa shape index (κ2) is 7.24. The van der Waals surface area contributed by atoms with E-state index in [1.165, 1.54) is 58.2 Å². The smallest absolute Gasteiger partial charge is 0.000661 e. The van der Waals surface area contributed by atoms with Gasteiger partial charge >= 0.3 is 0 Å². The predicted molar refractivity (Wildman–Crippen MR) is 62.6 cm³/mol. The van der Waals surface area contributed by atoms with E-state index in [9.17, 15) is 0 Å². The van der Waals surface area contributed by atoms with Gasteiger partial charge in [0.15, 0.2) is 0 Å². The van der Waals surface area contributed by atoms with Crippen LogP contribution in [0.1, 0.15) is 38.5 Å². The molecule has 2 heteroatoms. The number of nitrogens with one attached hydrogen (secondary N) is 1. The van der Waals surface area contributed by atoms with Crippen molar-refractivity contribution in [3.8, 4) is 0 Å². The summed E-state index contributed by atoms with van der Waals surface area (Å²) < 4.78 is 0. The largest absolute Gasteiger partial charge is 0.320 e. The number of likely N-dealkylation sites (tertiary alicyclic amines) is 1. The highest BCUT2D eigenvalue weighted by molar-refractivity contribution is 4.70. The minimum absolute atomic E-state index is 0.989. The minimum Gasteiger partial charge on any atom is -0.320 e. The summed E-state index contributed by atoms with van der Waals surface area (Å²) in [7, 11) is 4.29. The number of piperidine rings is 1. The van der Waals surface area contributed by atoms with Gasteiger partial charge in [0.1, 0.15) is 0 Å². The van der Waals surface area contributed by atoms with E-state index in [1.54, 1.807) is 0 Å². The molecule has 1 rings (SSSR count). The van der Waals surface area contributed by atoms with Crippen molar-refractivity contribution in [2.24, 2.45) is 5.92 Å². The maximum Gasteiger partial charge on any atom is 0.000661 e. The summed E-state index contributed by atoms with van der Waals surface area (Å²) in [6, 6.07) is 0. The Morgan fingerprint density at radius 3 is 2.86 bits per heavy atom. The molecule has 1 unspecified atom stereocenters. The third-order valence-corrected chi connectivity index (χ3v) is 3.26. The molecule has 1 atom stereocenters. The second-order valence-corrected chi connectivity index (χ2v) is 4.72. The van der Waals surface area contributed by atoms with Crippen LogP contribution in [0.4, 0.5) is 0 Å². The Hall–Kier alpha value is -0.0800. The van der Waals surface area contributed by atoms with E-state index in [-0.39, 0.29) is 0 Å². The van der Waals surface area contributed by atoms with Crippen LogP contribution in [0.15, 0.2) is 0 Å². The molecule has 1 aliphatic rings. The van der Waals surface area contributed by atoms with Crippen LogP contribution in [0, 0.1) is 5.92 Å². The van der Waals surface area contributed by atoms with Gasteiger partial charge in [0, 0.05) is 6.54 Å². The number of unbranched alkanes of at least 4 members (excludes halogenated alkanes) is 2. The van der Waals surface area contributed by atoms with E-state index >= 15 is 0 Å². The van der Waals surface area contributed by atoms with Gasteiger partial charge in [-0.15, -0.1) is 0 Å². The zero-order valence-electron chi connectivity index (χ0n) is 9.89. The lowest BCUT2D eigenvalue weighted by Gasteiger charge is -2.29. The molecule has 2 nitrogen and oxygen atoms in total. The van der Waals surface area contributed by atoms with Crippen LogP contribution in [0.2, 0.25) is 0 Å². The number of rotatable bonds is 6. The summed E-state index contributed by atoms with van der Waals surface area (Å²) in [4.78, 5) is 2.49. The predicted octanol–water partition coefficient (Wildman–Crippen LogP) is 2.11. The van der Waals surface area contributed by atoms with Gasteiger partial charge in [-0.1, -0.05) is 12.8 Å². The van der Waals surface area contributed by atoms with Gasteiger partial charge < -0.3 is 10.2 Å². The van der Waals surface area contributed by atoms with E-state index < -0.39 is 0 Å². The van der Waals surface area contributed by atoms with Crippen molar-refractivity contribution < 1.29 is 0 Å². The summed E-state index contributed by atoms with van der Waals surface area (Å²) in [5, 5.41) is 3.20. The van der Waals surface area contributed by atoms with Gasteiger partial charge in [-0.2, -0.15) is 0 Å². The molecule has 1 saturated heterocycles. The molecular weight excluding hydrogens is 172 g/mol. The van der Waals surface area contributed by atoms with Crippen LogP contribution in [0.25, 0.3) is 0 Å². The molecule has 0 aromatic carbocycles. The molecule has 0 saturated carbocycles. The SMILES string of the molecule is CNCCCCCC1CCCN(C)C1. The van der Waals surface area contributed by atoms with Gasteiger partial charge in [0.25, 0.3) is 0 Å². The lowest BCUT2D eigenvalue weighted by molar-refractivity contribution is 0.199. The fourth-order valence-electron chi connectivity index (χ4n) is 2.42. The Balaban J connectivity index is 1.95. The van der Waals surface area contributed by atoms with Crippen LogP contribution in [0.5, 0.6) is 0 Å². The first kappa shape index (κ1) is 12.0. The lowest BCUT2D eigenvalue weighted by Crippen LogP contribution is -2.31. The number of nitrogens with zero attached hydrogens (tertiary/aromatic N) is 1. The van der Waals surface area contributed by atoms with Gasteiger partial charge in [-0.25, -0.2) is 0 Å². The second-order valence-electron chi connectivity index (χ2n) is 4.72. The maximum absolute atomic E-state index is 3.20. The number of hydrogen-bond acceptors (Lipinski definition) is 2. The van der Waals surface area contributed by atoms with Crippen LogP contribution in [-0.4, -0.2) is 38.6 Å². The third-order valence-electron chi connectivity index (χ3n) is 3.26. The fourth-order valence-corrected chi connectivity index (χ4v) is 2.42. The zero-order valence-corrected chi connectivity index (χ0v) is 9.89. The van der Waals surface area contributed by atoms with Crippen molar-refractivity contribution in [1.82, 2.24) is 10.2 Å². The molecule has 1 N–H and O–H groups in total. The summed E-state index contributed by atoms with van der Waals surface area (Å²) >= 11 is 0. The Kier molecular flexibility index (Phi) is 6.20. The van der Waals surface area contributed by atoms with Gasteiger partial charge in [-0.3, -0.25) is 0 Å². The summed E-state index contributed by atoms with van der Waals surface area (Å²) in [5.74, 6) is 0.989. The first-order valence-corrected chi connectivity index (χ1v) is 6.16. The molecular formula is C12H26N2. The molecule has 0 spiro atoms. The fraction of sp³-hybridized carbons (Fsp3) is 1.00. The van der Waals surface area contributed by atoms with E-state index in [4.69, 9.17) is 0 Å². The molecule has 1 heterocycles. The van der Waals surface area contributed by atoms with Crippen molar-refractivity contribution >= 4 is 0 Å². The summed E-state index contributed by atoms with van der Waals surface area (Å²) in [5.41, 5.74) is 0. The lowest BCUT2D eigenvalue weighted by atomic mass is 9.93. The first-order valence-electron chi connectivity index (χ1n) is 6.16. The molecule has 1 aliphatic heterocycles. The van der Waals surface area contributed by atoms with Gasteiger partial charge in [-0.05, 0) is 58.8 Å². The van der Waals surface area contributed by atoms with Crippen molar-refractivity contribution in [3.05, 3.63) is 0 Å². The van der Waals surface area contributed by atoms with Crippen LogP contribution >= 0.6 is 0 Å². The molecule has 0 radical (unpaired) electrons. The third kappa shape index (κ3) is 4.97. The quantitative estimate of drug-likeness (QED) is 0.658. The molecule has 0 aliphatic carbocycles. The van der Waals surface area contributed by atoms with E-state index in [2.05, 4.69) is 17.3 Å². The Morgan fingerprint density at radius 2 is 2.14 bits per heavy atom. The normalized spacial score (nSPS) is 24.0. The van der Waals surface area contributed by atoms with Crippen LogP contribution in [-0.2, 0) is 0 Å². The summed E-state index contributed by atoms with van der Waals surface area (Å²) in [6.45, 7) is 3.84. The summed E-state index contributed by atoms with van der Waals surface area (Å²) in [6.07, 6.45) is 8.52. The Bertz CT molecular complexity index is 136. The average Bonchev–Trinajstić information content (AvgIpc) is 2.18. The topological polar surface area (TPSA) is 15.3 Å². The first-order chi connectivity index (χ1) is 6.83. The molecule has 84 valence electrons. The van der Waals surface area contributed by atoms with E-state index in [1.807, 2.05) is 7.05 Å². The van der Waals surface area contributed by atoms with Crippen molar-refractivity contribution in [2.75, 3.05) is 33.7 Å².